The zero-order valence-electron chi connectivity index (χ0n) is 8.79. The SMILES string of the molecule is Cc1nccc(CNC(=O)n2ccnc2)n1. The molecule has 0 aliphatic heterocycles. The largest absolute Gasteiger partial charge is 0.332 e. The molecule has 0 saturated carbocycles. The molecule has 0 unspecified atom stereocenters. The van der Waals surface area contributed by atoms with Crippen molar-refractivity contribution in [2.24, 2.45) is 0 Å². The van der Waals surface area contributed by atoms with Crippen LogP contribution in [0.15, 0.2) is 31.0 Å². The standard InChI is InChI=1S/C10H11N5O/c1-8-12-3-2-9(14-8)6-13-10(16)15-5-4-11-7-15/h2-5,7H,6H2,1H3,(H,13,16). The molecular formula is C10H11N5O. The van der Waals surface area contributed by atoms with Gasteiger partial charge in [0.15, 0.2) is 0 Å². The number of hydrogen-bond acceptors (Lipinski definition) is 4. The lowest BCUT2D eigenvalue weighted by Crippen LogP contribution is -2.27. The van der Waals surface area contributed by atoms with Gasteiger partial charge in [-0.15, -0.1) is 0 Å². The third-order valence-electron chi connectivity index (χ3n) is 1.99. The number of imidazole rings is 1. The number of aryl methyl sites for hydroxylation is 1. The van der Waals surface area contributed by atoms with Gasteiger partial charge in [0.2, 0.25) is 0 Å². The van der Waals surface area contributed by atoms with Crippen molar-refractivity contribution in [3.8, 4) is 0 Å². The molecule has 6 nitrogen and oxygen atoms in total. The minimum atomic E-state index is -0.228. The van der Waals surface area contributed by atoms with Crippen LogP contribution >= 0.6 is 0 Å². The van der Waals surface area contributed by atoms with Gasteiger partial charge < -0.3 is 5.32 Å². The Morgan fingerprint density at radius 3 is 3.06 bits per heavy atom. The molecule has 0 aromatic carbocycles. The maximum absolute atomic E-state index is 11.5. The predicted molar refractivity (Wildman–Crippen MR) is 56.6 cm³/mol. The molecule has 0 fully saturated rings. The van der Waals surface area contributed by atoms with E-state index in [2.05, 4.69) is 20.3 Å². The Bertz CT molecular complexity index is 480. The Labute approximate surface area is 92.4 Å². The first-order valence-corrected chi connectivity index (χ1v) is 4.80. The summed E-state index contributed by atoms with van der Waals surface area (Å²) < 4.78 is 1.37. The second-order valence-corrected chi connectivity index (χ2v) is 3.22. The Balaban J connectivity index is 1.95. The molecule has 0 aliphatic rings. The smallest absolute Gasteiger partial charge is 0.327 e. The summed E-state index contributed by atoms with van der Waals surface area (Å²) in [6.07, 6.45) is 6.25. The van der Waals surface area contributed by atoms with Crippen LogP contribution in [0.1, 0.15) is 11.5 Å². The number of amides is 1. The van der Waals surface area contributed by atoms with Crippen LogP contribution in [0, 0.1) is 6.92 Å². The van der Waals surface area contributed by atoms with Gasteiger partial charge in [0.1, 0.15) is 12.2 Å². The van der Waals surface area contributed by atoms with Crippen LogP contribution in [0.25, 0.3) is 0 Å². The van der Waals surface area contributed by atoms with E-state index in [1.54, 1.807) is 31.6 Å². The third kappa shape index (κ3) is 2.41. The molecule has 1 N–H and O–H groups in total. The number of nitrogens with one attached hydrogen (secondary N) is 1. The van der Waals surface area contributed by atoms with Gasteiger partial charge in [0.05, 0.1) is 12.2 Å². The highest BCUT2D eigenvalue weighted by Gasteiger charge is 2.03. The van der Waals surface area contributed by atoms with Crippen LogP contribution in [0.4, 0.5) is 4.79 Å². The van der Waals surface area contributed by atoms with E-state index < -0.39 is 0 Å². The van der Waals surface area contributed by atoms with Crippen molar-refractivity contribution in [1.82, 2.24) is 24.8 Å². The molecule has 16 heavy (non-hydrogen) atoms. The van der Waals surface area contributed by atoms with E-state index in [1.807, 2.05) is 0 Å². The van der Waals surface area contributed by atoms with Crippen LogP contribution in [0.3, 0.4) is 0 Å². The van der Waals surface area contributed by atoms with Crippen LogP contribution < -0.4 is 5.32 Å². The average molecular weight is 217 g/mol. The first-order chi connectivity index (χ1) is 7.75. The summed E-state index contributed by atoms with van der Waals surface area (Å²) in [4.78, 5) is 23.5. The number of hydrogen-bond donors (Lipinski definition) is 1. The highest BCUT2D eigenvalue weighted by atomic mass is 16.2. The van der Waals surface area contributed by atoms with Crippen LogP contribution in [-0.4, -0.2) is 25.6 Å². The topological polar surface area (TPSA) is 72.7 Å². The summed E-state index contributed by atoms with van der Waals surface area (Å²) in [6.45, 7) is 2.18. The molecule has 2 aromatic heterocycles. The van der Waals surface area contributed by atoms with E-state index in [-0.39, 0.29) is 6.03 Å². The highest BCUT2D eigenvalue weighted by Crippen LogP contribution is 1.94. The number of carbonyl (C=O) groups is 1. The molecule has 2 heterocycles. The van der Waals surface area contributed by atoms with E-state index in [9.17, 15) is 4.79 Å². The fraction of sp³-hybridized carbons (Fsp3) is 0.200. The second-order valence-electron chi connectivity index (χ2n) is 3.22. The molecular weight excluding hydrogens is 206 g/mol. The molecule has 0 spiro atoms. The maximum Gasteiger partial charge on any atom is 0.327 e. The Morgan fingerprint density at radius 1 is 1.50 bits per heavy atom. The highest BCUT2D eigenvalue weighted by molar-refractivity contribution is 5.76. The van der Waals surface area contributed by atoms with E-state index in [1.165, 1.54) is 10.9 Å². The Kier molecular flexibility index (Phi) is 2.90. The normalized spacial score (nSPS) is 10.1. The van der Waals surface area contributed by atoms with Gasteiger partial charge in [-0.05, 0) is 13.0 Å². The van der Waals surface area contributed by atoms with Gasteiger partial charge >= 0.3 is 6.03 Å². The minimum absolute atomic E-state index is 0.228. The minimum Gasteiger partial charge on any atom is -0.332 e. The first-order valence-electron chi connectivity index (χ1n) is 4.80. The molecule has 6 heteroatoms. The van der Waals surface area contributed by atoms with E-state index >= 15 is 0 Å². The second kappa shape index (κ2) is 4.52. The summed E-state index contributed by atoms with van der Waals surface area (Å²) in [5, 5.41) is 2.72. The molecule has 0 saturated heterocycles. The molecule has 2 rings (SSSR count). The number of carbonyl (C=O) groups excluding carboxylic acids is 1. The van der Waals surface area contributed by atoms with Crippen molar-refractivity contribution < 1.29 is 4.79 Å². The van der Waals surface area contributed by atoms with E-state index in [0.29, 0.717) is 12.4 Å². The lowest BCUT2D eigenvalue weighted by Gasteiger charge is -2.04. The fourth-order valence-corrected chi connectivity index (χ4v) is 1.24. The summed E-state index contributed by atoms with van der Waals surface area (Å²) in [5.74, 6) is 0.689. The van der Waals surface area contributed by atoms with Crippen molar-refractivity contribution in [3.63, 3.8) is 0 Å². The van der Waals surface area contributed by atoms with E-state index in [4.69, 9.17) is 0 Å². The Morgan fingerprint density at radius 2 is 2.38 bits per heavy atom. The number of nitrogens with zero attached hydrogens (tertiary/aromatic N) is 4. The van der Waals surface area contributed by atoms with Crippen molar-refractivity contribution in [2.75, 3.05) is 0 Å². The predicted octanol–water partition coefficient (Wildman–Crippen LogP) is 0.739. The Hall–Kier alpha value is -2.24. The summed E-state index contributed by atoms with van der Waals surface area (Å²) in [6, 6.07) is 1.54. The van der Waals surface area contributed by atoms with Crippen LogP contribution in [0.2, 0.25) is 0 Å². The van der Waals surface area contributed by atoms with Crippen molar-refractivity contribution in [3.05, 3.63) is 42.5 Å². The summed E-state index contributed by atoms with van der Waals surface area (Å²) in [5.41, 5.74) is 0.779. The van der Waals surface area contributed by atoms with Crippen molar-refractivity contribution in [2.45, 2.75) is 13.5 Å². The van der Waals surface area contributed by atoms with Gasteiger partial charge in [-0.25, -0.2) is 19.7 Å². The number of rotatable bonds is 2. The van der Waals surface area contributed by atoms with Gasteiger partial charge in [0.25, 0.3) is 0 Å². The fourth-order valence-electron chi connectivity index (χ4n) is 1.24. The monoisotopic (exact) mass is 217 g/mol. The zero-order valence-corrected chi connectivity index (χ0v) is 8.79. The quantitative estimate of drug-likeness (QED) is 0.805. The van der Waals surface area contributed by atoms with Gasteiger partial charge in [-0.2, -0.15) is 0 Å². The van der Waals surface area contributed by atoms with E-state index in [0.717, 1.165) is 5.69 Å². The van der Waals surface area contributed by atoms with Crippen molar-refractivity contribution >= 4 is 6.03 Å². The molecule has 1 amide bonds. The number of aromatic nitrogens is 4. The summed E-state index contributed by atoms with van der Waals surface area (Å²) in [7, 11) is 0. The van der Waals surface area contributed by atoms with Gasteiger partial charge in [-0.1, -0.05) is 0 Å². The molecule has 0 bridgehead atoms. The lowest BCUT2D eigenvalue weighted by molar-refractivity contribution is 0.242. The molecule has 82 valence electrons. The average Bonchev–Trinajstić information content (AvgIpc) is 2.79. The molecule has 0 atom stereocenters. The third-order valence-corrected chi connectivity index (χ3v) is 1.99. The van der Waals surface area contributed by atoms with Gasteiger partial charge in [-0.3, -0.25) is 4.57 Å². The zero-order chi connectivity index (χ0) is 11.4. The molecule has 0 aliphatic carbocycles. The van der Waals surface area contributed by atoms with Crippen molar-refractivity contribution in [1.29, 1.82) is 0 Å². The lowest BCUT2D eigenvalue weighted by atomic mass is 10.4. The molecule has 2 aromatic rings. The molecule has 0 radical (unpaired) electrons. The van der Waals surface area contributed by atoms with Gasteiger partial charge in [0, 0.05) is 18.6 Å². The summed E-state index contributed by atoms with van der Waals surface area (Å²) >= 11 is 0. The van der Waals surface area contributed by atoms with Crippen LogP contribution in [-0.2, 0) is 6.54 Å². The maximum atomic E-state index is 11.5. The first kappa shape index (κ1) is 10.3. The van der Waals surface area contributed by atoms with Crippen LogP contribution in [0.5, 0.6) is 0 Å².